The fraction of sp³-hybridized carbons (Fsp3) is 0.364. The molecule has 6 heteroatoms. The Bertz CT molecular complexity index is 1030. The largest absolute Gasteiger partial charge is 0.361 e. The minimum absolute atomic E-state index is 0.0655. The number of nitrogens with zero attached hydrogens (tertiary/aromatic N) is 3. The van der Waals surface area contributed by atoms with Crippen molar-refractivity contribution in [2.24, 2.45) is 0 Å². The first kappa shape index (κ1) is 18.3. The molecule has 0 bridgehead atoms. The third-order valence-corrected chi connectivity index (χ3v) is 5.64. The van der Waals surface area contributed by atoms with Gasteiger partial charge in [0.1, 0.15) is 11.9 Å². The van der Waals surface area contributed by atoms with Gasteiger partial charge in [0, 0.05) is 34.7 Å². The lowest BCUT2D eigenvalue weighted by Gasteiger charge is -2.41. The van der Waals surface area contributed by atoms with Crippen molar-refractivity contribution >= 4 is 11.6 Å². The molecule has 1 amide bonds. The first-order chi connectivity index (χ1) is 13.4. The first-order valence-electron chi connectivity index (χ1n) is 9.73. The number of aromatic nitrogens is 2. The molecule has 28 heavy (non-hydrogen) atoms. The molecule has 0 saturated heterocycles. The van der Waals surface area contributed by atoms with E-state index in [-0.39, 0.29) is 18.1 Å². The molecule has 3 heterocycles. The maximum Gasteiger partial charge on any atom is 0.258 e. The number of hydrogen-bond acceptors (Lipinski definition) is 4. The number of amides is 1. The summed E-state index contributed by atoms with van der Waals surface area (Å²) in [5.74, 6) is 1.59. The quantitative estimate of drug-likeness (QED) is 0.711. The molecular weight excluding hydrogens is 352 g/mol. The van der Waals surface area contributed by atoms with E-state index < -0.39 is 0 Å². The molecule has 2 atom stereocenters. The molecule has 0 unspecified atom stereocenters. The lowest BCUT2D eigenvalue weighted by Crippen LogP contribution is -2.47. The van der Waals surface area contributed by atoms with Crippen LogP contribution in [0.3, 0.4) is 0 Å². The summed E-state index contributed by atoms with van der Waals surface area (Å²) in [7, 11) is 0. The number of fused-ring (bicyclic) bond motifs is 1. The Kier molecular flexibility index (Phi) is 4.49. The van der Waals surface area contributed by atoms with Gasteiger partial charge in [-0.15, -0.1) is 0 Å². The Hall–Kier alpha value is -3.02. The van der Waals surface area contributed by atoms with Crippen LogP contribution in [0.5, 0.6) is 0 Å². The highest BCUT2D eigenvalue weighted by atomic mass is 16.5. The number of carbonyl (C=O) groups is 1. The van der Waals surface area contributed by atoms with Gasteiger partial charge in [0.05, 0.1) is 5.56 Å². The van der Waals surface area contributed by atoms with Gasteiger partial charge in [-0.3, -0.25) is 9.36 Å². The van der Waals surface area contributed by atoms with Crippen LogP contribution in [0.4, 0.5) is 5.69 Å². The predicted octanol–water partition coefficient (Wildman–Crippen LogP) is 4.76. The predicted molar refractivity (Wildman–Crippen MR) is 109 cm³/mol. The van der Waals surface area contributed by atoms with Crippen LogP contribution in [0.15, 0.2) is 40.9 Å². The van der Waals surface area contributed by atoms with Crippen LogP contribution >= 0.6 is 0 Å². The van der Waals surface area contributed by atoms with E-state index in [9.17, 15) is 4.79 Å². The molecule has 1 aromatic carbocycles. The van der Waals surface area contributed by atoms with Crippen molar-refractivity contribution < 1.29 is 9.32 Å². The zero-order chi connectivity index (χ0) is 20.0. The SMILES string of the molecule is CC[C@@H](C)N1C(=O)c2ccccc2N[C@@H]1c1cc(C)n(-c2cc(C)on2)c1C. The number of anilines is 1. The third-order valence-electron chi connectivity index (χ3n) is 5.64. The van der Waals surface area contributed by atoms with E-state index in [1.807, 2.05) is 49.1 Å². The smallest absolute Gasteiger partial charge is 0.258 e. The number of rotatable bonds is 4. The topological polar surface area (TPSA) is 63.3 Å². The molecule has 0 saturated carbocycles. The van der Waals surface area contributed by atoms with Crippen LogP contribution in [0.2, 0.25) is 0 Å². The molecule has 0 spiro atoms. The van der Waals surface area contributed by atoms with Crippen molar-refractivity contribution in [3.05, 3.63) is 64.7 Å². The second kappa shape index (κ2) is 6.86. The molecule has 0 aliphatic carbocycles. The summed E-state index contributed by atoms with van der Waals surface area (Å²) in [6, 6.07) is 11.9. The van der Waals surface area contributed by atoms with Crippen molar-refractivity contribution in [3.63, 3.8) is 0 Å². The van der Waals surface area contributed by atoms with Gasteiger partial charge in [-0.1, -0.05) is 24.2 Å². The van der Waals surface area contributed by atoms with Gasteiger partial charge in [0.15, 0.2) is 5.82 Å². The summed E-state index contributed by atoms with van der Waals surface area (Å²) < 4.78 is 7.35. The summed E-state index contributed by atoms with van der Waals surface area (Å²) in [6.07, 6.45) is 0.651. The normalized spacial score (nSPS) is 17.4. The molecule has 1 N–H and O–H groups in total. The van der Waals surface area contributed by atoms with Crippen LogP contribution in [0.25, 0.3) is 5.82 Å². The van der Waals surface area contributed by atoms with Gasteiger partial charge in [0.25, 0.3) is 5.91 Å². The van der Waals surface area contributed by atoms with Gasteiger partial charge >= 0.3 is 0 Å². The van der Waals surface area contributed by atoms with Crippen LogP contribution in [-0.2, 0) is 0 Å². The summed E-state index contributed by atoms with van der Waals surface area (Å²) in [6.45, 7) is 10.2. The Morgan fingerprint density at radius 2 is 1.96 bits per heavy atom. The van der Waals surface area contributed by atoms with E-state index in [1.165, 1.54) is 0 Å². The molecule has 2 aromatic heterocycles. The minimum Gasteiger partial charge on any atom is -0.361 e. The summed E-state index contributed by atoms with van der Waals surface area (Å²) in [5.41, 5.74) is 4.77. The molecule has 4 rings (SSSR count). The van der Waals surface area contributed by atoms with Gasteiger partial charge in [0.2, 0.25) is 0 Å². The van der Waals surface area contributed by atoms with E-state index >= 15 is 0 Å². The Balaban J connectivity index is 1.84. The number of hydrogen-bond donors (Lipinski definition) is 1. The highest BCUT2D eigenvalue weighted by Crippen LogP contribution is 2.37. The number of para-hydroxylation sites is 1. The zero-order valence-corrected chi connectivity index (χ0v) is 17.0. The number of carbonyl (C=O) groups excluding carboxylic acids is 1. The fourth-order valence-electron chi connectivity index (χ4n) is 4.02. The van der Waals surface area contributed by atoms with Crippen molar-refractivity contribution in [3.8, 4) is 5.82 Å². The summed E-state index contributed by atoms with van der Waals surface area (Å²) in [5, 5.41) is 7.77. The average Bonchev–Trinajstić information content (AvgIpc) is 3.23. The van der Waals surface area contributed by atoms with Crippen LogP contribution in [0, 0.1) is 20.8 Å². The molecular formula is C22H26N4O2. The van der Waals surface area contributed by atoms with Crippen LogP contribution in [-0.4, -0.2) is 26.6 Å². The lowest BCUT2D eigenvalue weighted by atomic mass is 10.0. The minimum atomic E-state index is -0.231. The van der Waals surface area contributed by atoms with Crippen molar-refractivity contribution in [1.82, 2.24) is 14.6 Å². The lowest BCUT2D eigenvalue weighted by molar-refractivity contribution is 0.0593. The van der Waals surface area contributed by atoms with Gasteiger partial charge < -0.3 is 14.7 Å². The molecule has 146 valence electrons. The number of aryl methyl sites for hydroxylation is 2. The van der Waals surface area contributed by atoms with Crippen LogP contribution < -0.4 is 5.32 Å². The number of nitrogens with one attached hydrogen (secondary N) is 1. The van der Waals surface area contributed by atoms with E-state index in [4.69, 9.17) is 4.52 Å². The second-order valence-corrected chi connectivity index (χ2v) is 7.52. The highest BCUT2D eigenvalue weighted by Gasteiger charge is 2.37. The van der Waals surface area contributed by atoms with E-state index in [0.29, 0.717) is 0 Å². The molecule has 0 radical (unpaired) electrons. The molecule has 6 nitrogen and oxygen atoms in total. The average molecular weight is 378 g/mol. The van der Waals surface area contributed by atoms with Crippen LogP contribution in [0.1, 0.15) is 59.5 Å². The fourth-order valence-corrected chi connectivity index (χ4v) is 4.02. The highest BCUT2D eigenvalue weighted by molar-refractivity contribution is 6.01. The zero-order valence-electron chi connectivity index (χ0n) is 17.0. The van der Waals surface area contributed by atoms with E-state index in [1.54, 1.807) is 0 Å². The third kappa shape index (κ3) is 2.80. The monoisotopic (exact) mass is 378 g/mol. The Morgan fingerprint density at radius 3 is 2.64 bits per heavy atom. The maximum absolute atomic E-state index is 13.3. The Morgan fingerprint density at radius 1 is 1.21 bits per heavy atom. The van der Waals surface area contributed by atoms with Crippen molar-refractivity contribution in [2.45, 2.75) is 53.2 Å². The maximum atomic E-state index is 13.3. The van der Waals surface area contributed by atoms with Gasteiger partial charge in [-0.2, -0.15) is 0 Å². The van der Waals surface area contributed by atoms with Gasteiger partial charge in [-0.05, 0) is 52.3 Å². The van der Waals surface area contributed by atoms with Gasteiger partial charge in [-0.25, -0.2) is 0 Å². The van der Waals surface area contributed by atoms with E-state index in [2.05, 4.69) is 41.9 Å². The molecule has 3 aromatic rings. The first-order valence-corrected chi connectivity index (χ1v) is 9.73. The summed E-state index contributed by atoms with van der Waals surface area (Å²) >= 11 is 0. The van der Waals surface area contributed by atoms with Crippen molar-refractivity contribution in [2.75, 3.05) is 5.32 Å². The molecule has 0 fully saturated rings. The Labute approximate surface area is 165 Å². The van der Waals surface area contributed by atoms with Crippen molar-refractivity contribution in [1.29, 1.82) is 0 Å². The second-order valence-electron chi connectivity index (χ2n) is 7.52. The standard InChI is InChI=1S/C22H26N4O2/c1-6-13(2)26-21(23-19-10-8-7-9-17(19)22(26)27)18-11-14(3)25(16(18)5)20-12-15(4)28-24-20/h7-13,21,23H,6H2,1-5H3/t13-,21+/m1/s1. The number of benzene rings is 1. The summed E-state index contributed by atoms with van der Waals surface area (Å²) in [4.78, 5) is 15.3. The van der Waals surface area contributed by atoms with E-state index in [0.717, 1.165) is 46.2 Å². The molecule has 1 aliphatic rings. The molecule has 1 aliphatic heterocycles.